The summed E-state index contributed by atoms with van der Waals surface area (Å²) >= 11 is 0. The van der Waals surface area contributed by atoms with Gasteiger partial charge in [0, 0.05) is 0 Å². The Morgan fingerprint density at radius 2 is 2.00 bits per heavy atom. The van der Waals surface area contributed by atoms with Gasteiger partial charge in [-0.15, -0.1) is 5.01 Å². The van der Waals surface area contributed by atoms with Gasteiger partial charge in [-0.3, -0.25) is 0 Å². The summed E-state index contributed by atoms with van der Waals surface area (Å²) in [6.45, 7) is 2.80. The SMILES string of the molecule is CCCN(Cc1ccccc1)[N+](=O)[O-]. The molecule has 0 aliphatic rings. The molecule has 0 saturated heterocycles. The molecular weight excluding hydrogens is 180 g/mol. The van der Waals surface area contributed by atoms with Crippen molar-refractivity contribution in [1.82, 2.24) is 5.01 Å². The minimum Gasteiger partial charge on any atom is -0.235 e. The van der Waals surface area contributed by atoms with Gasteiger partial charge in [-0.25, -0.2) is 10.1 Å². The first-order valence-corrected chi connectivity index (χ1v) is 4.67. The number of benzene rings is 1. The van der Waals surface area contributed by atoms with Crippen molar-refractivity contribution >= 4 is 0 Å². The number of hydrogen-bond donors (Lipinski definition) is 0. The normalized spacial score (nSPS) is 9.79. The lowest BCUT2D eigenvalue weighted by atomic mass is 10.2. The van der Waals surface area contributed by atoms with Crippen LogP contribution >= 0.6 is 0 Å². The van der Waals surface area contributed by atoms with Crippen LogP contribution in [0.3, 0.4) is 0 Å². The molecule has 0 spiro atoms. The molecule has 0 radical (unpaired) electrons. The largest absolute Gasteiger partial charge is 0.235 e. The maximum absolute atomic E-state index is 10.6. The fraction of sp³-hybridized carbons (Fsp3) is 0.400. The lowest BCUT2D eigenvalue weighted by Crippen LogP contribution is -2.30. The molecule has 0 saturated carbocycles. The topological polar surface area (TPSA) is 46.4 Å². The summed E-state index contributed by atoms with van der Waals surface area (Å²) in [6, 6.07) is 9.47. The summed E-state index contributed by atoms with van der Waals surface area (Å²) in [5.74, 6) is 0. The number of nitrogens with zero attached hydrogens (tertiary/aromatic N) is 2. The van der Waals surface area contributed by atoms with Gasteiger partial charge in [-0.05, 0) is 12.0 Å². The Balaban J connectivity index is 2.60. The third-order valence-electron chi connectivity index (χ3n) is 1.92. The Hall–Kier alpha value is -1.58. The average molecular weight is 194 g/mol. The van der Waals surface area contributed by atoms with E-state index in [1.807, 2.05) is 37.3 Å². The molecule has 0 amide bonds. The van der Waals surface area contributed by atoms with E-state index in [0.29, 0.717) is 13.1 Å². The van der Waals surface area contributed by atoms with Crippen LogP contribution in [0, 0.1) is 10.1 Å². The molecule has 1 rings (SSSR count). The van der Waals surface area contributed by atoms with Gasteiger partial charge in [0.2, 0.25) is 0 Å². The molecule has 0 aliphatic heterocycles. The summed E-state index contributed by atoms with van der Waals surface area (Å²) in [4.78, 5) is 10.6. The first-order valence-electron chi connectivity index (χ1n) is 4.67. The van der Waals surface area contributed by atoms with Crippen molar-refractivity contribution < 1.29 is 5.03 Å². The average Bonchev–Trinajstić information content (AvgIpc) is 2.18. The molecule has 0 bridgehead atoms. The van der Waals surface area contributed by atoms with E-state index >= 15 is 0 Å². The van der Waals surface area contributed by atoms with Crippen LogP contribution in [0.1, 0.15) is 18.9 Å². The van der Waals surface area contributed by atoms with Crippen molar-refractivity contribution in [3.8, 4) is 0 Å². The fourth-order valence-corrected chi connectivity index (χ4v) is 1.27. The van der Waals surface area contributed by atoms with Crippen molar-refractivity contribution in [1.29, 1.82) is 0 Å². The fourth-order valence-electron chi connectivity index (χ4n) is 1.27. The van der Waals surface area contributed by atoms with Gasteiger partial charge < -0.3 is 0 Å². The van der Waals surface area contributed by atoms with Gasteiger partial charge >= 0.3 is 0 Å². The maximum Gasteiger partial charge on any atom is 0.160 e. The lowest BCUT2D eigenvalue weighted by Gasteiger charge is -2.12. The van der Waals surface area contributed by atoms with Crippen molar-refractivity contribution in [2.45, 2.75) is 19.9 Å². The third kappa shape index (κ3) is 3.05. The van der Waals surface area contributed by atoms with E-state index < -0.39 is 0 Å². The van der Waals surface area contributed by atoms with Crippen LogP contribution in [0.15, 0.2) is 30.3 Å². The van der Waals surface area contributed by atoms with Gasteiger partial charge in [0.25, 0.3) is 0 Å². The van der Waals surface area contributed by atoms with Crippen LogP contribution in [0.25, 0.3) is 0 Å². The van der Waals surface area contributed by atoms with Gasteiger partial charge in [0.05, 0.1) is 6.54 Å². The highest BCUT2D eigenvalue weighted by Crippen LogP contribution is 2.04. The highest BCUT2D eigenvalue weighted by Gasteiger charge is 2.12. The Bertz CT molecular complexity index is 287. The number of nitro groups is 1. The Labute approximate surface area is 83.3 Å². The van der Waals surface area contributed by atoms with E-state index in [0.717, 1.165) is 12.0 Å². The summed E-state index contributed by atoms with van der Waals surface area (Å²) in [7, 11) is 0. The second kappa shape index (κ2) is 5.21. The number of hydrogen-bond acceptors (Lipinski definition) is 2. The van der Waals surface area contributed by atoms with Crippen molar-refractivity contribution in [3.63, 3.8) is 0 Å². The molecule has 0 fully saturated rings. The monoisotopic (exact) mass is 194 g/mol. The Morgan fingerprint density at radius 3 is 2.50 bits per heavy atom. The van der Waals surface area contributed by atoms with Gasteiger partial charge in [0.15, 0.2) is 5.03 Å². The molecule has 1 aromatic rings. The van der Waals surface area contributed by atoms with E-state index in [2.05, 4.69) is 0 Å². The maximum atomic E-state index is 10.6. The first-order chi connectivity index (χ1) is 6.74. The van der Waals surface area contributed by atoms with Crippen LogP contribution < -0.4 is 0 Å². The van der Waals surface area contributed by atoms with Crippen LogP contribution in [-0.4, -0.2) is 16.6 Å². The summed E-state index contributed by atoms with van der Waals surface area (Å²) in [6.07, 6.45) is 0.786. The molecule has 0 heterocycles. The summed E-state index contributed by atoms with van der Waals surface area (Å²) < 4.78 is 0. The van der Waals surface area contributed by atoms with E-state index in [-0.39, 0.29) is 5.03 Å². The van der Waals surface area contributed by atoms with E-state index in [1.54, 1.807) is 0 Å². The Morgan fingerprint density at radius 1 is 1.36 bits per heavy atom. The quantitative estimate of drug-likeness (QED) is 0.532. The molecule has 0 unspecified atom stereocenters. The minimum atomic E-state index is -0.337. The molecule has 4 heteroatoms. The summed E-state index contributed by atoms with van der Waals surface area (Å²) in [5.41, 5.74) is 0.970. The zero-order valence-electron chi connectivity index (χ0n) is 8.22. The predicted molar refractivity (Wildman–Crippen MR) is 54.1 cm³/mol. The van der Waals surface area contributed by atoms with Crippen molar-refractivity contribution in [3.05, 3.63) is 46.0 Å². The predicted octanol–water partition coefficient (Wildman–Crippen LogP) is 2.09. The highest BCUT2D eigenvalue weighted by molar-refractivity contribution is 5.13. The zero-order chi connectivity index (χ0) is 10.4. The molecule has 0 aliphatic carbocycles. The van der Waals surface area contributed by atoms with Gasteiger partial charge in [0.1, 0.15) is 6.54 Å². The second-order valence-electron chi connectivity index (χ2n) is 3.11. The third-order valence-corrected chi connectivity index (χ3v) is 1.92. The van der Waals surface area contributed by atoms with Crippen molar-refractivity contribution in [2.75, 3.05) is 6.54 Å². The molecule has 0 N–H and O–H groups in total. The van der Waals surface area contributed by atoms with Crippen molar-refractivity contribution in [2.24, 2.45) is 0 Å². The molecular formula is C10H14N2O2. The van der Waals surface area contributed by atoms with Gasteiger partial charge in [-0.1, -0.05) is 37.3 Å². The van der Waals surface area contributed by atoms with Crippen LogP contribution in [0.4, 0.5) is 0 Å². The number of hydrazine groups is 1. The smallest absolute Gasteiger partial charge is 0.160 e. The molecule has 76 valence electrons. The molecule has 14 heavy (non-hydrogen) atoms. The highest BCUT2D eigenvalue weighted by atomic mass is 16.7. The molecule has 4 nitrogen and oxygen atoms in total. The first kappa shape index (κ1) is 10.5. The van der Waals surface area contributed by atoms with Crippen LogP contribution in [0.5, 0.6) is 0 Å². The standard InChI is InChI=1S/C10H14N2O2/c1-2-8-11(12(13)14)9-10-6-4-3-5-7-10/h3-7H,2,8-9H2,1H3. The zero-order valence-corrected chi connectivity index (χ0v) is 8.22. The molecule has 1 aromatic carbocycles. The van der Waals surface area contributed by atoms with Crippen LogP contribution in [-0.2, 0) is 6.54 Å². The Kier molecular flexibility index (Phi) is 3.91. The van der Waals surface area contributed by atoms with Crippen LogP contribution in [0.2, 0.25) is 0 Å². The lowest BCUT2D eigenvalue weighted by molar-refractivity contribution is -0.659. The molecule has 0 atom stereocenters. The second-order valence-corrected chi connectivity index (χ2v) is 3.11. The minimum absolute atomic E-state index is 0.337. The van der Waals surface area contributed by atoms with Gasteiger partial charge in [-0.2, -0.15) is 0 Å². The van der Waals surface area contributed by atoms with E-state index in [9.17, 15) is 10.1 Å². The molecule has 0 aromatic heterocycles. The van der Waals surface area contributed by atoms with E-state index in [1.165, 1.54) is 5.01 Å². The van der Waals surface area contributed by atoms with E-state index in [4.69, 9.17) is 0 Å². The summed E-state index contributed by atoms with van der Waals surface area (Å²) in [5, 5.41) is 11.5. The number of rotatable bonds is 5.